The molecule has 7 nitrogen and oxygen atoms in total. The van der Waals surface area contributed by atoms with Gasteiger partial charge in [0.1, 0.15) is 16.9 Å². The van der Waals surface area contributed by atoms with E-state index in [4.69, 9.17) is 4.74 Å². The number of carbonyl (C=O) groups excluding carboxylic acids is 2. The molecule has 2 N–H and O–H groups in total. The van der Waals surface area contributed by atoms with Crippen molar-refractivity contribution in [2.24, 2.45) is 0 Å². The first-order valence-electron chi connectivity index (χ1n) is 9.93. The lowest BCUT2D eigenvalue weighted by Gasteiger charge is -2.12. The SMILES string of the molecule is CNC(=O)c1cn(CCc2ccccc2)cc(C(=O)NCc2ccc(OC)cc2)c1=O. The van der Waals surface area contributed by atoms with Crippen molar-refractivity contribution < 1.29 is 14.3 Å². The van der Waals surface area contributed by atoms with Crippen LogP contribution in [0.4, 0.5) is 0 Å². The van der Waals surface area contributed by atoms with Crippen LogP contribution in [0.2, 0.25) is 0 Å². The van der Waals surface area contributed by atoms with E-state index in [9.17, 15) is 14.4 Å². The molecule has 0 saturated heterocycles. The average Bonchev–Trinajstić information content (AvgIpc) is 2.82. The molecule has 0 aliphatic heterocycles. The molecule has 2 aromatic carbocycles. The highest BCUT2D eigenvalue weighted by atomic mass is 16.5. The van der Waals surface area contributed by atoms with Crippen LogP contribution in [0.5, 0.6) is 5.75 Å². The van der Waals surface area contributed by atoms with Crippen LogP contribution in [0, 0.1) is 0 Å². The van der Waals surface area contributed by atoms with Crippen molar-refractivity contribution in [2.45, 2.75) is 19.5 Å². The minimum Gasteiger partial charge on any atom is -0.497 e. The van der Waals surface area contributed by atoms with Gasteiger partial charge in [-0.3, -0.25) is 14.4 Å². The van der Waals surface area contributed by atoms with E-state index >= 15 is 0 Å². The first-order chi connectivity index (χ1) is 15.0. The second kappa shape index (κ2) is 10.2. The second-order valence-corrected chi connectivity index (χ2v) is 7.00. The number of ether oxygens (including phenoxy) is 1. The van der Waals surface area contributed by atoms with Crippen LogP contribution in [0.3, 0.4) is 0 Å². The van der Waals surface area contributed by atoms with Crippen molar-refractivity contribution in [3.63, 3.8) is 0 Å². The maximum Gasteiger partial charge on any atom is 0.257 e. The summed E-state index contributed by atoms with van der Waals surface area (Å²) in [7, 11) is 3.03. The summed E-state index contributed by atoms with van der Waals surface area (Å²) in [4.78, 5) is 37.8. The molecule has 1 heterocycles. The molecular formula is C24H25N3O4. The molecule has 0 radical (unpaired) electrons. The fourth-order valence-electron chi connectivity index (χ4n) is 3.14. The average molecular weight is 419 g/mol. The molecule has 1 aromatic heterocycles. The number of amides is 2. The third kappa shape index (κ3) is 5.60. The van der Waals surface area contributed by atoms with Gasteiger partial charge in [-0.2, -0.15) is 0 Å². The standard InChI is InChI=1S/C24H25N3O4/c1-25-23(29)20-15-27(13-12-17-6-4-3-5-7-17)16-21(22(20)28)24(30)26-14-18-8-10-19(31-2)11-9-18/h3-11,15-16H,12-14H2,1-2H3,(H,25,29)(H,26,30). The lowest BCUT2D eigenvalue weighted by molar-refractivity contribution is 0.0949. The summed E-state index contributed by atoms with van der Waals surface area (Å²) < 4.78 is 6.83. The molecule has 0 spiro atoms. The summed E-state index contributed by atoms with van der Waals surface area (Å²) in [6.07, 6.45) is 3.69. The number of rotatable bonds is 8. The summed E-state index contributed by atoms with van der Waals surface area (Å²) in [5.41, 5.74) is 1.26. The minimum absolute atomic E-state index is 0.0624. The number of nitrogens with one attached hydrogen (secondary N) is 2. The van der Waals surface area contributed by atoms with E-state index < -0.39 is 17.2 Å². The van der Waals surface area contributed by atoms with E-state index in [1.54, 1.807) is 23.8 Å². The molecule has 31 heavy (non-hydrogen) atoms. The molecule has 0 aliphatic rings. The van der Waals surface area contributed by atoms with E-state index in [1.165, 1.54) is 19.4 Å². The highest BCUT2D eigenvalue weighted by molar-refractivity contribution is 5.99. The summed E-state index contributed by atoms with van der Waals surface area (Å²) >= 11 is 0. The monoisotopic (exact) mass is 419 g/mol. The topological polar surface area (TPSA) is 89.4 Å². The van der Waals surface area contributed by atoms with E-state index in [2.05, 4.69) is 10.6 Å². The van der Waals surface area contributed by atoms with Crippen molar-refractivity contribution in [1.29, 1.82) is 0 Å². The molecule has 160 valence electrons. The lowest BCUT2D eigenvalue weighted by atomic mass is 10.1. The minimum atomic E-state index is -0.595. The maximum atomic E-state index is 12.8. The predicted octanol–water partition coefficient (Wildman–Crippen LogP) is 2.39. The van der Waals surface area contributed by atoms with Gasteiger partial charge in [-0.15, -0.1) is 0 Å². The van der Waals surface area contributed by atoms with Crippen LogP contribution in [0.25, 0.3) is 0 Å². The molecular weight excluding hydrogens is 394 g/mol. The zero-order chi connectivity index (χ0) is 22.2. The van der Waals surface area contributed by atoms with Crippen LogP contribution < -0.4 is 20.8 Å². The van der Waals surface area contributed by atoms with Gasteiger partial charge in [0.05, 0.1) is 7.11 Å². The van der Waals surface area contributed by atoms with Gasteiger partial charge < -0.3 is 19.9 Å². The second-order valence-electron chi connectivity index (χ2n) is 7.00. The number of benzene rings is 2. The van der Waals surface area contributed by atoms with Crippen molar-refractivity contribution in [3.05, 3.63) is 99.5 Å². The van der Waals surface area contributed by atoms with Gasteiger partial charge in [-0.05, 0) is 29.7 Å². The third-order valence-electron chi connectivity index (χ3n) is 4.91. The Bertz CT molecular complexity index is 1110. The summed E-state index contributed by atoms with van der Waals surface area (Å²) in [5, 5.41) is 5.22. The normalized spacial score (nSPS) is 10.4. The molecule has 3 aromatic rings. The Morgan fingerprint density at radius 2 is 1.55 bits per heavy atom. The largest absolute Gasteiger partial charge is 0.497 e. The lowest BCUT2D eigenvalue weighted by Crippen LogP contribution is -2.34. The van der Waals surface area contributed by atoms with Crippen LogP contribution in [0.15, 0.2) is 71.8 Å². The number of aryl methyl sites for hydroxylation is 2. The quantitative estimate of drug-likeness (QED) is 0.587. The van der Waals surface area contributed by atoms with Gasteiger partial charge in [0.25, 0.3) is 11.8 Å². The van der Waals surface area contributed by atoms with Gasteiger partial charge in [0.15, 0.2) is 0 Å². The Kier molecular flexibility index (Phi) is 7.22. The number of hydrogen-bond acceptors (Lipinski definition) is 4. The fourth-order valence-corrected chi connectivity index (χ4v) is 3.14. The van der Waals surface area contributed by atoms with Crippen molar-refractivity contribution >= 4 is 11.8 Å². The van der Waals surface area contributed by atoms with Gasteiger partial charge in [-0.25, -0.2) is 0 Å². The zero-order valence-corrected chi connectivity index (χ0v) is 17.6. The van der Waals surface area contributed by atoms with Gasteiger partial charge in [-0.1, -0.05) is 42.5 Å². The Morgan fingerprint density at radius 3 is 2.16 bits per heavy atom. The molecule has 0 saturated carbocycles. The molecule has 0 unspecified atom stereocenters. The number of aromatic nitrogens is 1. The third-order valence-corrected chi connectivity index (χ3v) is 4.91. The molecule has 7 heteroatoms. The van der Waals surface area contributed by atoms with E-state index in [-0.39, 0.29) is 17.7 Å². The van der Waals surface area contributed by atoms with Crippen molar-refractivity contribution in [2.75, 3.05) is 14.2 Å². The molecule has 0 aliphatic carbocycles. The molecule has 2 amide bonds. The number of pyridine rings is 1. The van der Waals surface area contributed by atoms with E-state index in [1.807, 2.05) is 42.5 Å². The Morgan fingerprint density at radius 1 is 0.903 bits per heavy atom. The highest BCUT2D eigenvalue weighted by Crippen LogP contribution is 2.11. The molecule has 0 bridgehead atoms. The first-order valence-corrected chi connectivity index (χ1v) is 9.93. The number of hydrogen-bond donors (Lipinski definition) is 2. The van der Waals surface area contributed by atoms with Crippen LogP contribution >= 0.6 is 0 Å². The number of carbonyl (C=O) groups is 2. The molecule has 0 fully saturated rings. The van der Waals surface area contributed by atoms with Gasteiger partial charge in [0.2, 0.25) is 5.43 Å². The first kappa shape index (κ1) is 21.8. The van der Waals surface area contributed by atoms with Crippen molar-refractivity contribution in [3.8, 4) is 5.75 Å². The Hall–Kier alpha value is -3.87. The van der Waals surface area contributed by atoms with E-state index in [0.717, 1.165) is 16.9 Å². The van der Waals surface area contributed by atoms with Crippen LogP contribution in [0.1, 0.15) is 31.8 Å². The fraction of sp³-hybridized carbons (Fsp3) is 0.208. The van der Waals surface area contributed by atoms with Gasteiger partial charge in [0, 0.05) is 32.5 Å². The summed E-state index contributed by atoms with van der Waals surface area (Å²) in [6.45, 7) is 0.767. The summed E-state index contributed by atoms with van der Waals surface area (Å²) in [6, 6.07) is 17.1. The highest BCUT2D eigenvalue weighted by Gasteiger charge is 2.18. The maximum absolute atomic E-state index is 12.8. The smallest absolute Gasteiger partial charge is 0.257 e. The Labute approximate surface area is 180 Å². The van der Waals surface area contributed by atoms with Crippen molar-refractivity contribution in [1.82, 2.24) is 15.2 Å². The number of nitrogens with zero attached hydrogens (tertiary/aromatic N) is 1. The molecule has 3 rings (SSSR count). The predicted molar refractivity (Wildman–Crippen MR) is 118 cm³/mol. The zero-order valence-electron chi connectivity index (χ0n) is 17.6. The number of methoxy groups -OCH3 is 1. The Balaban J connectivity index is 1.81. The van der Waals surface area contributed by atoms with Gasteiger partial charge >= 0.3 is 0 Å². The van der Waals surface area contributed by atoms with Crippen LogP contribution in [-0.4, -0.2) is 30.5 Å². The summed E-state index contributed by atoms with van der Waals surface area (Å²) in [5.74, 6) is -0.335. The van der Waals surface area contributed by atoms with Crippen LogP contribution in [-0.2, 0) is 19.5 Å². The molecule has 0 atom stereocenters. The van der Waals surface area contributed by atoms with E-state index in [0.29, 0.717) is 13.0 Å².